The number of aryl methyl sites for hydroxylation is 1. The molecular weight excluding hydrogens is 444 g/mol. The number of carbonyl (C=O) groups is 2. The average Bonchev–Trinajstić information content (AvgIpc) is 3.19. The minimum absolute atomic E-state index is 0.247. The van der Waals surface area contributed by atoms with Crippen molar-refractivity contribution in [2.45, 2.75) is 13.5 Å². The Morgan fingerprint density at radius 2 is 1.78 bits per heavy atom. The minimum atomic E-state index is -0.288. The van der Waals surface area contributed by atoms with E-state index in [0.29, 0.717) is 28.4 Å². The fraction of sp³-hybridized carbons (Fsp3) is 0.0833. The topological polar surface area (TPSA) is 84.0 Å². The van der Waals surface area contributed by atoms with Crippen LogP contribution in [0.15, 0.2) is 73.1 Å². The first kappa shape index (κ1) is 21.7. The van der Waals surface area contributed by atoms with Gasteiger partial charge in [0.1, 0.15) is 5.01 Å². The minimum Gasteiger partial charge on any atom is -0.346 e. The van der Waals surface area contributed by atoms with Crippen LogP contribution in [0.1, 0.15) is 30.6 Å². The summed E-state index contributed by atoms with van der Waals surface area (Å²) in [5, 5.41) is 7.16. The second-order valence-corrected chi connectivity index (χ2v) is 8.70. The van der Waals surface area contributed by atoms with Crippen molar-refractivity contribution in [3.63, 3.8) is 0 Å². The molecule has 0 aliphatic heterocycles. The SMILES string of the molecule is Cc1sc(CNC(=O)c2cccc(NC(=O)c3cccnc3)c2)nc1-c1ccc(Cl)cc1. The maximum atomic E-state index is 12.7. The number of pyridine rings is 1. The van der Waals surface area contributed by atoms with E-state index in [1.165, 1.54) is 17.5 Å². The predicted molar refractivity (Wildman–Crippen MR) is 127 cm³/mol. The van der Waals surface area contributed by atoms with Crippen LogP contribution in [0, 0.1) is 6.92 Å². The maximum Gasteiger partial charge on any atom is 0.257 e. The Labute approximate surface area is 194 Å². The van der Waals surface area contributed by atoms with Gasteiger partial charge in [-0.15, -0.1) is 11.3 Å². The maximum absolute atomic E-state index is 12.7. The van der Waals surface area contributed by atoms with Crippen LogP contribution in [-0.2, 0) is 6.54 Å². The Kier molecular flexibility index (Phi) is 6.58. The fourth-order valence-electron chi connectivity index (χ4n) is 3.10. The number of halogens is 1. The van der Waals surface area contributed by atoms with Gasteiger partial charge in [0.05, 0.1) is 17.8 Å². The summed E-state index contributed by atoms with van der Waals surface area (Å²) < 4.78 is 0. The van der Waals surface area contributed by atoms with Crippen molar-refractivity contribution in [2.24, 2.45) is 0 Å². The summed E-state index contributed by atoms with van der Waals surface area (Å²) in [6.45, 7) is 2.31. The van der Waals surface area contributed by atoms with Crippen LogP contribution in [-0.4, -0.2) is 21.8 Å². The molecule has 6 nitrogen and oxygen atoms in total. The highest BCUT2D eigenvalue weighted by Crippen LogP contribution is 2.28. The van der Waals surface area contributed by atoms with E-state index < -0.39 is 0 Å². The van der Waals surface area contributed by atoms with Gasteiger partial charge in [0.25, 0.3) is 11.8 Å². The standard InChI is InChI=1S/C24H19ClN4O2S/c1-15-22(16-7-9-19(25)10-8-16)29-21(32-15)14-27-23(30)17-4-2-6-20(12-17)28-24(31)18-5-3-11-26-13-18/h2-13H,14H2,1H3,(H,27,30)(H,28,31). The van der Waals surface area contributed by atoms with E-state index in [9.17, 15) is 9.59 Å². The molecule has 0 spiro atoms. The van der Waals surface area contributed by atoms with E-state index >= 15 is 0 Å². The Bertz CT molecular complexity index is 1260. The van der Waals surface area contributed by atoms with Crippen molar-refractivity contribution in [3.05, 3.63) is 99.1 Å². The van der Waals surface area contributed by atoms with E-state index in [1.54, 1.807) is 42.6 Å². The van der Waals surface area contributed by atoms with E-state index in [1.807, 2.05) is 31.2 Å². The predicted octanol–water partition coefficient (Wildman–Crippen LogP) is 5.35. The Hall–Kier alpha value is -3.55. The lowest BCUT2D eigenvalue weighted by Crippen LogP contribution is -2.23. The second kappa shape index (κ2) is 9.72. The van der Waals surface area contributed by atoms with Gasteiger partial charge in [-0.2, -0.15) is 0 Å². The summed E-state index contributed by atoms with van der Waals surface area (Å²) in [5.41, 5.74) is 3.29. The highest BCUT2D eigenvalue weighted by molar-refractivity contribution is 7.12. The third-order valence-electron chi connectivity index (χ3n) is 4.67. The largest absolute Gasteiger partial charge is 0.346 e. The van der Waals surface area contributed by atoms with Crippen molar-refractivity contribution in [2.75, 3.05) is 5.32 Å². The molecule has 0 fully saturated rings. The number of amides is 2. The van der Waals surface area contributed by atoms with Gasteiger partial charge in [-0.1, -0.05) is 29.8 Å². The van der Waals surface area contributed by atoms with E-state index in [-0.39, 0.29) is 11.8 Å². The first-order valence-electron chi connectivity index (χ1n) is 9.81. The van der Waals surface area contributed by atoms with Crippen molar-refractivity contribution in [3.8, 4) is 11.3 Å². The molecule has 0 atom stereocenters. The molecule has 0 aliphatic carbocycles. The highest BCUT2D eigenvalue weighted by Gasteiger charge is 2.13. The van der Waals surface area contributed by atoms with Crippen LogP contribution in [0.3, 0.4) is 0 Å². The first-order chi connectivity index (χ1) is 15.5. The molecule has 4 aromatic rings. The average molecular weight is 463 g/mol. The lowest BCUT2D eigenvalue weighted by Gasteiger charge is -2.08. The molecule has 2 aromatic heterocycles. The van der Waals surface area contributed by atoms with Crippen LogP contribution in [0.2, 0.25) is 5.02 Å². The molecule has 0 radical (unpaired) electrons. The van der Waals surface area contributed by atoms with Gasteiger partial charge in [0.2, 0.25) is 0 Å². The fourth-order valence-corrected chi connectivity index (χ4v) is 4.12. The van der Waals surface area contributed by atoms with Crippen LogP contribution >= 0.6 is 22.9 Å². The van der Waals surface area contributed by atoms with Gasteiger partial charge < -0.3 is 10.6 Å². The van der Waals surface area contributed by atoms with Crippen molar-refractivity contribution in [1.82, 2.24) is 15.3 Å². The van der Waals surface area contributed by atoms with Gasteiger partial charge in [-0.25, -0.2) is 4.98 Å². The normalized spacial score (nSPS) is 10.6. The number of nitrogens with one attached hydrogen (secondary N) is 2. The molecule has 2 aromatic carbocycles. The van der Waals surface area contributed by atoms with Crippen LogP contribution in [0.5, 0.6) is 0 Å². The molecule has 4 rings (SSSR count). The lowest BCUT2D eigenvalue weighted by molar-refractivity contribution is 0.0949. The lowest BCUT2D eigenvalue weighted by atomic mass is 10.1. The number of anilines is 1. The van der Waals surface area contributed by atoms with Gasteiger partial charge in [-0.3, -0.25) is 14.6 Å². The molecule has 32 heavy (non-hydrogen) atoms. The molecule has 2 N–H and O–H groups in total. The zero-order chi connectivity index (χ0) is 22.5. The Morgan fingerprint density at radius 1 is 1.00 bits per heavy atom. The number of carbonyl (C=O) groups excluding carboxylic acids is 2. The third-order valence-corrected chi connectivity index (χ3v) is 5.89. The van der Waals surface area contributed by atoms with Crippen molar-refractivity contribution >= 4 is 40.4 Å². The molecule has 8 heteroatoms. The highest BCUT2D eigenvalue weighted by atomic mass is 35.5. The third kappa shape index (κ3) is 5.19. The van der Waals surface area contributed by atoms with Crippen LogP contribution in [0.4, 0.5) is 5.69 Å². The molecule has 0 aliphatic rings. The quantitative estimate of drug-likeness (QED) is 0.404. The summed E-state index contributed by atoms with van der Waals surface area (Å²) in [7, 11) is 0. The molecule has 0 bridgehead atoms. The number of rotatable bonds is 6. The van der Waals surface area contributed by atoms with Crippen molar-refractivity contribution in [1.29, 1.82) is 0 Å². The van der Waals surface area contributed by atoms with E-state index in [2.05, 4.69) is 20.6 Å². The number of hydrogen-bond acceptors (Lipinski definition) is 5. The molecule has 0 unspecified atom stereocenters. The molecule has 0 saturated heterocycles. The molecule has 160 valence electrons. The number of benzene rings is 2. The smallest absolute Gasteiger partial charge is 0.257 e. The molecule has 2 heterocycles. The van der Waals surface area contributed by atoms with E-state index in [0.717, 1.165) is 21.1 Å². The summed E-state index contributed by atoms with van der Waals surface area (Å²) in [4.78, 5) is 34.6. The zero-order valence-corrected chi connectivity index (χ0v) is 18.7. The summed E-state index contributed by atoms with van der Waals surface area (Å²) in [5.74, 6) is -0.535. The number of thiazole rings is 1. The monoisotopic (exact) mass is 462 g/mol. The van der Waals surface area contributed by atoms with E-state index in [4.69, 9.17) is 11.6 Å². The molecule has 2 amide bonds. The summed E-state index contributed by atoms with van der Waals surface area (Å²) >= 11 is 7.50. The van der Waals surface area contributed by atoms with Gasteiger partial charge in [0.15, 0.2) is 0 Å². The number of hydrogen-bond donors (Lipinski definition) is 2. The Balaban J connectivity index is 1.40. The van der Waals surface area contributed by atoms with Gasteiger partial charge >= 0.3 is 0 Å². The number of aromatic nitrogens is 2. The van der Waals surface area contributed by atoms with Gasteiger partial charge in [0, 0.05) is 39.1 Å². The Morgan fingerprint density at radius 3 is 2.53 bits per heavy atom. The van der Waals surface area contributed by atoms with Gasteiger partial charge in [-0.05, 0) is 49.4 Å². The summed E-state index contributed by atoms with van der Waals surface area (Å²) in [6, 6.07) is 17.7. The molecule has 0 saturated carbocycles. The van der Waals surface area contributed by atoms with Crippen LogP contribution < -0.4 is 10.6 Å². The van der Waals surface area contributed by atoms with Crippen LogP contribution in [0.25, 0.3) is 11.3 Å². The number of nitrogens with zero attached hydrogens (tertiary/aromatic N) is 2. The summed E-state index contributed by atoms with van der Waals surface area (Å²) in [6.07, 6.45) is 3.09. The molecular formula is C24H19ClN4O2S. The zero-order valence-electron chi connectivity index (χ0n) is 17.1. The second-order valence-electron chi connectivity index (χ2n) is 6.98. The first-order valence-corrected chi connectivity index (χ1v) is 11.0. The van der Waals surface area contributed by atoms with Crippen molar-refractivity contribution < 1.29 is 9.59 Å².